The van der Waals surface area contributed by atoms with Gasteiger partial charge in [0.15, 0.2) is 5.60 Å². The van der Waals surface area contributed by atoms with E-state index in [9.17, 15) is 18.7 Å². The second-order valence-electron chi connectivity index (χ2n) is 4.39. The molecule has 6 heteroatoms. The van der Waals surface area contributed by atoms with Crippen molar-refractivity contribution in [2.24, 2.45) is 0 Å². The number of benzene rings is 2. The van der Waals surface area contributed by atoms with Crippen molar-refractivity contribution in [3.8, 4) is 0 Å². The minimum atomic E-state index is -2.82. The largest absolute Gasteiger partial charge is 0.750 e. The van der Waals surface area contributed by atoms with Crippen LogP contribution in [0.25, 0.3) is 0 Å². The minimum absolute atomic E-state index is 0.268. The third-order valence-electron chi connectivity index (χ3n) is 3.03. The molecule has 0 saturated heterocycles. The quantitative estimate of drug-likeness (QED) is 0.646. The van der Waals surface area contributed by atoms with Crippen LogP contribution in [0.4, 0.5) is 0 Å². The van der Waals surface area contributed by atoms with Crippen LogP contribution in [-0.2, 0) is 21.1 Å². The molecule has 0 radical (unpaired) electrons. The number of hydrogen-bond acceptors (Lipinski definition) is 5. The lowest BCUT2D eigenvalue weighted by atomic mass is 9.86. The molecule has 0 heterocycles. The standard InChI is InChI=1S/C15H14O5S/c16-14(12-7-3-1-4-8-12)15(17,11-20-21(18)19)13-9-5-2-6-10-13/h1-10,17H,11H2,(H,18,19)/p-1. The summed E-state index contributed by atoms with van der Waals surface area (Å²) in [5.41, 5.74) is -1.53. The van der Waals surface area contributed by atoms with Crippen LogP contribution in [0.5, 0.6) is 0 Å². The van der Waals surface area contributed by atoms with Crippen LogP contribution < -0.4 is 0 Å². The fraction of sp³-hybridized carbons (Fsp3) is 0.133. The van der Waals surface area contributed by atoms with E-state index in [0.717, 1.165) is 0 Å². The fourth-order valence-electron chi connectivity index (χ4n) is 1.96. The van der Waals surface area contributed by atoms with E-state index in [-0.39, 0.29) is 11.1 Å². The highest BCUT2D eigenvalue weighted by atomic mass is 32.2. The number of hydrogen-bond donors (Lipinski definition) is 1. The predicted octanol–water partition coefficient (Wildman–Crippen LogP) is 1.57. The van der Waals surface area contributed by atoms with Crippen molar-refractivity contribution in [1.29, 1.82) is 0 Å². The Labute approximate surface area is 124 Å². The maximum absolute atomic E-state index is 12.5. The predicted molar refractivity (Wildman–Crippen MR) is 76.0 cm³/mol. The lowest BCUT2D eigenvalue weighted by molar-refractivity contribution is 0.00356. The van der Waals surface area contributed by atoms with Crippen LogP contribution in [0.1, 0.15) is 15.9 Å². The van der Waals surface area contributed by atoms with E-state index in [1.165, 1.54) is 12.1 Å². The normalized spacial score (nSPS) is 15.1. The van der Waals surface area contributed by atoms with Crippen LogP contribution in [0.15, 0.2) is 60.7 Å². The number of Topliss-reactive ketones (excluding diaryl/α,β-unsaturated/α-hetero) is 1. The van der Waals surface area contributed by atoms with Gasteiger partial charge in [-0.2, -0.15) is 0 Å². The van der Waals surface area contributed by atoms with Crippen molar-refractivity contribution < 1.29 is 22.8 Å². The van der Waals surface area contributed by atoms with Crippen LogP contribution >= 0.6 is 0 Å². The molecule has 110 valence electrons. The molecule has 1 N–H and O–H groups in total. The molecule has 0 aliphatic heterocycles. The second kappa shape index (κ2) is 6.73. The van der Waals surface area contributed by atoms with Crippen LogP contribution in [0, 0.1) is 0 Å². The van der Waals surface area contributed by atoms with Gasteiger partial charge in [0.05, 0.1) is 11.4 Å². The summed E-state index contributed by atoms with van der Waals surface area (Å²) in [5, 5.41) is 10.7. The number of rotatable bonds is 6. The van der Waals surface area contributed by atoms with E-state index in [2.05, 4.69) is 4.18 Å². The van der Waals surface area contributed by atoms with Gasteiger partial charge < -0.3 is 9.66 Å². The maximum Gasteiger partial charge on any atom is 0.201 e. The van der Waals surface area contributed by atoms with E-state index >= 15 is 0 Å². The van der Waals surface area contributed by atoms with Gasteiger partial charge in [-0.3, -0.25) is 8.98 Å². The van der Waals surface area contributed by atoms with Crippen LogP contribution in [0.3, 0.4) is 0 Å². The first-order valence-electron chi connectivity index (χ1n) is 6.14. The van der Waals surface area contributed by atoms with Gasteiger partial charge >= 0.3 is 0 Å². The molecule has 2 aromatic rings. The first kappa shape index (κ1) is 15.5. The number of ketones is 1. The Morgan fingerprint density at radius 3 is 2.14 bits per heavy atom. The third kappa shape index (κ3) is 3.62. The van der Waals surface area contributed by atoms with Crippen molar-refractivity contribution in [2.45, 2.75) is 5.60 Å². The van der Waals surface area contributed by atoms with Crippen molar-refractivity contribution in [3.05, 3.63) is 71.8 Å². The van der Waals surface area contributed by atoms with E-state index in [0.29, 0.717) is 0 Å². The first-order valence-corrected chi connectivity index (χ1v) is 7.14. The van der Waals surface area contributed by atoms with Gasteiger partial charge in [-0.25, -0.2) is 4.21 Å². The summed E-state index contributed by atoms with van der Waals surface area (Å²) in [6, 6.07) is 16.2. The Hall–Kier alpha value is -1.86. The van der Waals surface area contributed by atoms with Gasteiger partial charge in [-0.05, 0) is 5.56 Å². The highest BCUT2D eigenvalue weighted by Gasteiger charge is 2.39. The van der Waals surface area contributed by atoms with E-state index < -0.39 is 29.4 Å². The van der Waals surface area contributed by atoms with Gasteiger partial charge in [0.25, 0.3) is 0 Å². The smallest absolute Gasteiger partial charge is 0.201 e. The lowest BCUT2D eigenvalue weighted by Crippen LogP contribution is -2.40. The molecule has 5 nitrogen and oxygen atoms in total. The summed E-state index contributed by atoms with van der Waals surface area (Å²) >= 11 is -2.82. The zero-order chi connectivity index (χ0) is 15.3. The second-order valence-corrected chi connectivity index (χ2v) is 5.03. The summed E-state index contributed by atoms with van der Waals surface area (Å²) in [4.78, 5) is 12.5. The molecule has 0 saturated carbocycles. The maximum atomic E-state index is 12.5. The molecule has 2 atom stereocenters. The zero-order valence-corrected chi connectivity index (χ0v) is 11.8. The summed E-state index contributed by atoms with van der Waals surface area (Å²) in [5.74, 6) is -0.625. The molecular formula is C15H13O5S-. The molecule has 0 aliphatic carbocycles. The monoisotopic (exact) mass is 305 g/mol. The van der Waals surface area contributed by atoms with Gasteiger partial charge in [-0.1, -0.05) is 60.7 Å². The van der Waals surface area contributed by atoms with Gasteiger partial charge in [0.2, 0.25) is 5.78 Å². The summed E-state index contributed by atoms with van der Waals surface area (Å²) < 4.78 is 25.6. The van der Waals surface area contributed by atoms with Crippen molar-refractivity contribution in [2.75, 3.05) is 6.61 Å². The highest BCUT2D eigenvalue weighted by molar-refractivity contribution is 7.74. The number of aliphatic hydroxyl groups is 1. The molecule has 0 aliphatic rings. The molecular weight excluding hydrogens is 292 g/mol. The zero-order valence-electron chi connectivity index (χ0n) is 11.0. The van der Waals surface area contributed by atoms with Gasteiger partial charge in [-0.15, -0.1) is 0 Å². The molecule has 2 rings (SSSR count). The molecule has 0 fully saturated rings. The summed E-state index contributed by atoms with van der Waals surface area (Å²) in [7, 11) is 0. The number of carbonyl (C=O) groups excluding carboxylic acids is 1. The Bertz CT molecular complexity index is 629. The highest BCUT2D eigenvalue weighted by Crippen LogP contribution is 2.26. The van der Waals surface area contributed by atoms with Gasteiger partial charge in [0.1, 0.15) is 6.61 Å². The average Bonchev–Trinajstić information content (AvgIpc) is 2.53. The van der Waals surface area contributed by atoms with E-state index in [1.54, 1.807) is 48.5 Å². The topological polar surface area (TPSA) is 86.7 Å². The molecule has 0 aromatic heterocycles. The third-order valence-corrected chi connectivity index (χ3v) is 3.34. The molecule has 21 heavy (non-hydrogen) atoms. The van der Waals surface area contributed by atoms with Crippen molar-refractivity contribution in [3.63, 3.8) is 0 Å². The number of carbonyl (C=O) groups is 1. The summed E-state index contributed by atoms with van der Waals surface area (Å²) in [6.07, 6.45) is 0. The molecule has 0 amide bonds. The van der Waals surface area contributed by atoms with E-state index in [1.807, 2.05) is 0 Å². The Balaban J connectivity index is 2.41. The Morgan fingerprint density at radius 1 is 1.10 bits per heavy atom. The molecule has 0 spiro atoms. The molecule has 2 unspecified atom stereocenters. The molecule has 0 bridgehead atoms. The Kier molecular flexibility index (Phi) is 4.98. The first-order chi connectivity index (χ1) is 10.0. The van der Waals surface area contributed by atoms with Crippen LogP contribution in [0.2, 0.25) is 0 Å². The van der Waals surface area contributed by atoms with Crippen molar-refractivity contribution in [1.82, 2.24) is 0 Å². The van der Waals surface area contributed by atoms with Crippen LogP contribution in [-0.4, -0.2) is 26.3 Å². The Morgan fingerprint density at radius 2 is 1.62 bits per heavy atom. The average molecular weight is 305 g/mol. The van der Waals surface area contributed by atoms with Gasteiger partial charge in [0, 0.05) is 5.56 Å². The van der Waals surface area contributed by atoms with Crippen molar-refractivity contribution >= 4 is 17.1 Å². The fourth-order valence-corrected chi connectivity index (χ4v) is 2.22. The lowest BCUT2D eigenvalue weighted by Gasteiger charge is -2.27. The van der Waals surface area contributed by atoms with E-state index in [4.69, 9.17) is 0 Å². The molecule has 2 aromatic carbocycles. The summed E-state index contributed by atoms with van der Waals surface area (Å²) in [6.45, 7) is -0.680. The minimum Gasteiger partial charge on any atom is -0.750 e. The SMILES string of the molecule is O=C(c1ccccc1)C(O)(COS(=O)[O-])c1ccccc1.